The fourth-order valence-corrected chi connectivity index (χ4v) is 2.97. The van der Waals surface area contributed by atoms with Crippen LogP contribution >= 0.6 is 0 Å². The average Bonchev–Trinajstić information content (AvgIpc) is 3.02. The van der Waals surface area contributed by atoms with Crippen LogP contribution in [0.25, 0.3) is 11.1 Å². The van der Waals surface area contributed by atoms with Crippen LogP contribution in [-0.2, 0) is 20.0 Å². The highest BCUT2D eigenvalue weighted by atomic mass is 16.2. The molecule has 0 spiro atoms. The third-order valence-corrected chi connectivity index (χ3v) is 4.33. The Kier molecular flexibility index (Phi) is 4.93. The van der Waals surface area contributed by atoms with Crippen LogP contribution < -0.4 is 0 Å². The number of benzene rings is 1. The maximum Gasteiger partial charge on any atom is 0.253 e. The summed E-state index contributed by atoms with van der Waals surface area (Å²) in [5.41, 5.74) is 5.08. The molecule has 0 fully saturated rings. The maximum absolute atomic E-state index is 12.6. The van der Waals surface area contributed by atoms with Gasteiger partial charge >= 0.3 is 0 Å². The van der Waals surface area contributed by atoms with Gasteiger partial charge in [-0.3, -0.25) is 14.5 Å². The molecule has 2 aromatic heterocycles. The lowest BCUT2D eigenvalue weighted by atomic mass is 10.0. The summed E-state index contributed by atoms with van der Waals surface area (Å²) in [6.45, 7) is 2.66. The molecule has 0 aliphatic carbocycles. The van der Waals surface area contributed by atoms with Gasteiger partial charge in [0.15, 0.2) is 0 Å². The van der Waals surface area contributed by atoms with Gasteiger partial charge in [0, 0.05) is 49.9 Å². The van der Waals surface area contributed by atoms with Crippen LogP contribution in [0.4, 0.5) is 0 Å². The lowest BCUT2D eigenvalue weighted by molar-refractivity contribution is 0.0785. The third-order valence-electron chi connectivity index (χ3n) is 4.33. The van der Waals surface area contributed by atoms with E-state index < -0.39 is 0 Å². The molecule has 0 saturated heterocycles. The van der Waals surface area contributed by atoms with Gasteiger partial charge in [-0.2, -0.15) is 5.10 Å². The van der Waals surface area contributed by atoms with Crippen molar-refractivity contribution in [3.8, 4) is 11.1 Å². The molecule has 0 saturated carbocycles. The van der Waals surface area contributed by atoms with Gasteiger partial charge in [-0.15, -0.1) is 0 Å². The molecule has 2 heterocycles. The molecule has 0 N–H and O–H groups in total. The van der Waals surface area contributed by atoms with E-state index in [0.717, 1.165) is 23.1 Å². The molecule has 0 aliphatic heterocycles. The molecular formula is C20H22N4O. The van der Waals surface area contributed by atoms with Crippen molar-refractivity contribution in [3.63, 3.8) is 0 Å². The molecule has 0 aliphatic rings. The molecule has 3 aromatic rings. The molecular weight excluding hydrogens is 312 g/mol. The van der Waals surface area contributed by atoms with Crippen molar-refractivity contribution in [2.24, 2.45) is 7.05 Å². The molecule has 0 bridgehead atoms. The number of rotatable bonds is 5. The Bertz CT molecular complexity index is 853. The van der Waals surface area contributed by atoms with Crippen LogP contribution in [0.3, 0.4) is 0 Å². The second-order valence-corrected chi connectivity index (χ2v) is 6.08. The Morgan fingerprint density at radius 2 is 1.92 bits per heavy atom. The van der Waals surface area contributed by atoms with E-state index in [4.69, 9.17) is 0 Å². The number of hydrogen-bond acceptors (Lipinski definition) is 3. The quantitative estimate of drug-likeness (QED) is 0.719. The first-order valence-corrected chi connectivity index (χ1v) is 8.35. The Morgan fingerprint density at radius 3 is 2.56 bits per heavy atom. The minimum Gasteiger partial charge on any atom is -0.337 e. The number of carbonyl (C=O) groups excluding carboxylic acids is 1. The molecule has 128 valence electrons. The normalized spacial score (nSPS) is 10.7. The summed E-state index contributed by atoms with van der Waals surface area (Å²) in [6, 6.07) is 11.6. The van der Waals surface area contributed by atoms with Gasteiger partial charge in [0.1, 0.15) is 0 Å². The van der Waals surface area contributed by atoms with Gasteiger partial charge in [-0.25, -0.2) is 0 Å². The van der Waals surface area contributed by atoms with E-state index in [1.54, 1.807) is 24.3 Å². The third kappa shape index (κ3) is 3.60. The summed E-state index contributed by atoms with van der Waals surface area (Å²) >= 11 is 0. The fourth-order valence-electron chi connectivity index (χ4n) is 2.97. The molecule has 0 atom stereocenters. The van der Waals surface area contributed by atoms with E-state index in [-0.39, 0.29) is 5.91 Å². The molecule has 3 rings (SSSR count). The van der Waals surface area contributed by atoms with Crippen LogP contribution in [0.1, 0.15) is 28.5 Å². The predicted molar refractivity (Wildman–Crippen MR) is 98.1 cm³/mol. The predicted octanol–water partition coefficient (Wildman–Crippen LogP) is 3.32. The Balaban J connectivity index is 1.76. The van der Waals surface area contributed by atoms with Gasteiger partial charge in [0.05, 0.1) is 6.20 Å². The summed E-state index contributed by atoms with van der Waals surface area (Å²) < 4.78 is 1.90. The van der Waals surface area contributed by atoms with Crippen LogP contribution in [0, 0.1) is 0 Å². The second kappa shape index (κ2) is 7.30. The van der Waals surface area contributed by atoms with E-state index in [2.05, 4.69) is 17.0 Å². The van der Waals surface area contributed by atoms with Crippen molar-refractivity contribution >= 4 is 5.91 Å². The fraction of sp³-hybridized carbons (Fsp3) is 0.250. The average molecular weight is 334 g/mol. The van der Waals surface area contributed by atoms with Crippen molar-refractivity contribution in [2.45, 2.75) is 19.9 Å². The zero-order valence-corrected chi connectivity index (χ0v) is 14.8. The summed E-state index contributed by atoms with van der Waals surface area (Å²) in [7, 11) is 3.76. The zero-order chi connectivity index (χ0) is 17.8. The Labute approximate surface area is 147 Å². The van der Waals surface area contributed by atoms with E-state index in [1.807, 2.05) is 54.3 Å². The topological polar surface area (TPSA) is 51.0 Å². The summed E-state index contributed by atoms with van der Waals surface area (Å²) in [5.74, 6) is -0.00250. The van der Waals surface area contributed by atoms with E-state index in [1.165, 1.54) is 5.69 Å². The second-order valence-electron chi connectivity index (χ2n) is 6.08. The molecule has 25 heavy (non-hydrogen) atoms. The molecule has 0 unspecified atom stereocenters. The zero-order valence-electron chi connectivity index (χ0n) is 14.8. The van der Waals surface area contributed by atoms with Crippen molar-refractivity contribution in [3.05, 3.63) is 71.8 Å². The van der Waals surface area contributed by atoms with Crippen molar-refractivity contribution in [1.82, 2.24) is 19.7 Å². The van der Waals surface area contributed by atoms with Gasteiger partial charge in [0.2, 0.25) is 0 Å². The highest BCUT2D eigenvalue weighted by molar-refractivity contribution is 5.94. The smallest absolute Gasteiger partial charge is 0.253 e. The molecule has 0 radical (unpaired) electrons. The van der Waals surface area contributed by atoms with Crippen molar-refractivity contribution in [1.29, 1.82) is 0 Å². The highest BCUT2D eigenvalue weighted by Gasteiger charge is 2.14. The molecule has 5 nitrogen and oxygen atoms in total. The highest BCUT2D eigenvalue weighted by Crippen LogP contribution is 2.24. The largest absolute Gasteiger partial charge is 0.337 e. The van der Waals surface area contributed by atoms with E-state index in [9.17, 15) is 4.79 Å². The Hall–Kier alpha value is -2.95. The monoisotopic (exact) mass is 334 g/mol. The first kappa shape index (κ1) is 16.9. The lowest BCUT2D eigenvalue weighted by Gasteiger charge is -2.17. The molecule has 5 heteroatoms. The summed E-state index contributed by atoms with van der Waals surface area (Å²) in [6.07, 6.45) is 6.30. The van der Waals surface area contributed by atoms with Crippen molar-refractivity contribution in [2.75, 3.05) is 7.05 Å². The van der Waals surface area contributed by atoms with Gasteiger partial charge in [-0.05, 0) is 35.7 Å². The van der Waals surface area contributed by atoms with Crippen LogP contribution in [0.15, 0.2) is 55.0 Å². The summed E-state index contributed by atoms with van der Waals surface area (Å²) in [5, 5.41) is 4.33. The number of aromatic nitrogens is 3. The number of pyridine rings is 1. The minimum atomic E-state index is -0.00250. The van der Waals surface area contributed by atoms with Gasteiger partial charge < -0.3 is 4.90 Å². The Morgan fingerprint density at radius 1 is 1.16 bits per heavy atom. The standard InChI is InChI=1S/C20H22N4O/c1-4-19-18(13-22-24(19)3)16-7-9-17(10-8-16)20(25)23(2)14-15-6-5-11-21-12-15/h5-13H,4,14H2,1-3H3. The van der Waals surface area contributed by atoms with Crippen LogP contribution in [0.2, 0.25) is 0 Å². The molecule has 1 amide bonds. The van der Waals surface area contributed by atoms with Crippen molar-refractivity contribution < 1.29 is 4.79 Å². The summed E-state index contributed by atoms with van der Waals surface area (Å²) in [4.78, 5) is 18.4. The minimum absolute atomic E-state index is 0.00250. The maximum atomic E-state index is 12.6. The van der Waals surface area contributed by atoms with Crippen LogP contribution in [0.5, 0.6) is 0 Å². The first-order valence-electron chi connectivity index (χ1n) is 8.35. The molecule has 1 aromatic carbocycles. The number of hydrogen-bond donors (Lipinski definition) is 0. The number of amides is 1. The van der Waals surface area contributed by atoms with Crippen LogP contribution in [-0.4, -0.2) is 32.6 Å². The number of aryl methyl sites for hydroxylation is 1. The first-order chi connectivity index (χ1) is 12.1. The van der Waals surface area contributed by atoms with Gasteiger partial charge in [-0.1, -0.05) is 25.1 Å². The number of nitrogens with zero attached hydrogens (tertiary/aromatic N) is 4. The lowest BCUT2D eigenvalue weighted by Crippen LogP contribution is -2.26. The van der Waals surface area contributed by atoms with E-state index >= 15 is 0 Å². The number of carbonyl (C=O) groups is 1. The van der Waals surface area contributed by atoms with Gasteiger partial charge in [0.25, 0.3) is 5.91 Å². The van der Waals surface area contributed by atoms with E-state index in [0.29, 0.717) is 12.1 Å². The SMILES string of the molecule is CCc1c(-c2ccc(C(=O)N(C)Cc3cccnc3)cc2)cnn1C.